The highest BCUT2D eigenvalue weighted by molar-refractivity contribution is 9.10. The summed E-state index contributed by atoms with van der Waals surface area (Å²) < 4.78 is 16.4. The summed E-state index contributed by atoms with van der Waals surface area (Å²) in [4.78, 5) is 35.3. The van der Waals surface area contributed by atoms with E-state index < -0.39 is 25.1 Å². The predicted molar refractivity (Wildman–Crippen MR) is 110 cm³/mol. The van der Waals surface area contributed by atoms with Gasteiger partial charge in [0.2, 0.25) is 0 Å². The first kappa shape index (κ1) is 22.4. The highest BCUT2D eigenvalue weighted by Gasteiger charge is 2.14. The molecule has 0 radical (unpaired) electrons. The van der Waals surface area contributed by atoms with Crippen molar-refractivity contribution in [2.24, 2.45) is 0 Å². The summed E-state index contributed by atoms with van der Waals surface area (Å²) in [6, 6.07) is 11.9. The van der Waals surface area contributed by atoms with Crippen LogP contribution in [0.1, 0.15) is 35.8 Å². The van der Waals surface area contributed by atoms with E-state index in [1.807, 2.05) is 31.2 Å². The Morgan fingerprint density at radius 2 is 1.72 bits per heavy atom. The quantitative estimate of drug-likeness (QED) is 0.452. The molecule has 1 atom stereocenters. The first-order valence-corrected chi connectivity index (χ1v) is 9.61. The third kappa shape index (κ3) is 6.90. The maximum absolute atomic E-state index is 12.0. The van der Waals surface area contributed by atoms with Gasteiger partial charge in [-0.1, -0.05) is 28.1 Å². The molecule has 2 aromatic rings. The molecule has 1 N–H and O–H groups in total. The van der Waals surface area contributed by atoms with Crippen LogP contribution in [0.5, 0.6) is 11.5 Å². The van der Waals surface area contributed by atoms with E-state index in [9.17, 15) is 14.4 Å². The monoisotopic (exact) mass is 463 g/mol. The number of methoxy groups -OCH3 is 1. The molecule has 1 unspecified atom stereocenters. The van der Waals surface area contributed by atoms with Gasteiger partial charge in [0, 0.05) is 10.0 Å². The molecule has 2 aromatic carbocycles. The number of ether oxygens (including phenoxy) is 3. The van der Waals surface area contributed by atoms with Crippen LogP contribution in [0, 0.1) is 0 Å². The zero-order chi connectivity index (χ0) is 21.4. The summed E-state index contributed by atoms with van der Waals surface area (Å²) in [7, 11) is 1.43. The van der Waals surface area contributed by atoms with Crippen molar-refractivity contribution >= 4 is 33.6 Å². The van der Waals surface area contributed by atoms with Crippen molar-refractivity contribution in [1.29, 1.82) is 0 Å². The highest BCUT2D eigenvalue weighted by atomic mass is 79.9. The molecule has 7 nitrogen and oxygen atoms in total. The van der Waals surface area contributed by atoms with Gasteiger partial charge in [-0.2, -0.15) is 0 Å². The van der Waals surface area contributed by atoms with Crippen LogP contribution in [-0.4, -0.2) is 38.0 Å². The van der Waals surface area contributed by atoms with Gasteiger partial charge in [0.25, 0.3) is 5.91 Å². The number of nitrogens with one attached hydrogen (secondary N) is 1. The van der Waals surface area contributed by atoms with E-state index in [1.54, 1.807) is 6.07 Å². The number of hydrogen-bond donors (Lipinski definition) is 1. The largest absolute Gasteiger partial charge is 0.493 e. The van der Waals surface area contributed by atoms with Gasteiger partial charge in [-0.25, -0.2) is 4.79 Å². The standard InChI is InChI=1S/C21H22BrNO6/c1-13(15-4-7-17(22)8-5-15)23-20(25)11-29-21(26)12-28-18-9-6-16(14(2)24)10-19(18)27-3/h4-10,13H,11-12H2,1-3H3,(H,23,25). The number of carbonyl (C=O) groups is 3. The van der Waals surface area contributed by atoms with E-state index in [2.05, 4.69) is 21.2 Å². The summed E-state index contributed by atoms with van der Waals surface area (Å²) in [5.41, 5.74) is 1.39. The lowest BCUT2D eigenvalue weighted by atomic mass is 10.1. The zero-order valence-electron chi connectivity index (χ0n) is 16.4. The number of rotatable bonds is 9. The normalized spacial score (nSPS) is 11.3. The molecule has 0 aromatic heterocycles. The van der Waals surface area contributed by atoms with E-state index in [4.69, 9.17) is 14.2 Å². The van der Waals surface area contributed by atoms with Crippen LogP contribution < -0.4 is 14.8 Å². The fraction of sp³-hybridized carbons (Fsp3) is 0.286. The Morgan fingerprint density at radius 3 is 2.34 bits per heavy atom. The minimum atomic E-state index is -0.700. The maximum Gasteiger partial charge on any atom is 0.344 e. The van der Waals surface area contributed by atoms with E-state index in [0.717, 1.165) is 10.0 Å². The number of carbonyl (C=O) groups excluding carboxylic acids is 3. The number of Topliss-reactive ketones (excluding diaryl/α,β-unsaturated/α-hetero) is 1. The van der Waals surface area contributed by atoms with Crippen LogP contribution in [0.15, 0.2) is 46.9 Å². The van der Waals surface area contributed by atoms with Gasteiger partial charge in [0.15, 0.2) is 30.5 Å². The molecule has 0 saturated heterocycles. The van der Waals surface area contributed by atoms with Gasteiger partial charge in [-0.3, -0.25) is 9.59 Å². The molecule has 0 aliphatic heterocycles. The topological polar surface area (TPSA) is 90.9 Å². The Labute approximate surface area is 177 Å². The Morgan fingerprint density at radius 1 is 1.03 bits per heavy atom. The summed E-state index contributed by atoms with van der Waals surface area (Å²) >= 11 is 3.36. The third-order valence-electron chi connectivity index (χ3n) is 4.03. The SMILES string of the molecule is COc1cc(C(C)=O)ccc1OCC(=O)OCC(=O)NC(C)c1ccc(Br)cc1. The van der Waals surface area contributed by atoms with E-state index >= 15 is 0 Å². The van der Waals surface area contributed by atoms with Gasteiger partial charge in [0.05, 0.1) is 13.2 Å². The number of amides is 1. The Hall–Kier alpha value is -2.87. The van der Waals surface area contributed by atoms with Crippen LogP contribution in [0.25, 0.3) is 0 Å². The number of hydrogen-bond acceptors (Lipinski definition) is 6. The summed E-state index contributed by atoms with van der Waals surface area (Å²) in [5, 5.41) is 2.76. The molecule has 1 amide bonds. The minimum Gasteiger partial charge on any atom is -0.493 e. The first-order valence-electron chi connectivity index (χ1n) is 8.82. The Bertz CT molecular complexity index is 881. The van der Waals surface area contributed by atoms with E-state index in [1.165, 1.54) is 26.2 Å². The molecule has 29 heavy (non-hydrogen) atoms. The average Bonchev–Trinajstić information content (AvgIpc) is 2.70. The molecule has 0 fully saturated rings. The summed E-state index contributed by atoms with van der Waals surface area (Å²) in [6.45, 7) is 2.47. The molecule has 8 heteroatoms. The predicted octanol–water partition coefficient (Wildman–Crippen LogP) is 3.46. The van der Waals surface area contributed by atoms with Crippen molar-refractivity contribution in [3.05, 3.63) is 58.1 Å². The number of halogens is 1. The van der Waals surface area contributed by atoms with Crippen molar-refractivity contribution in [1.82, 2.24) is 5.32 Å². The van der Waals surface area contributed by atoms with Crippen molar-refractivity contribution in [2.45, 2.75) is 19.9 Å². The lowest BCUT2D eigenvalue weighted by Gasteiger charge is -2.15. The lowest BCUT2D eigenvalue weighted by molar-refractivity contribution is -0.150. The number of esters is 1. The molecular weight excluding hydrogens is 442 g/mol. The highest BCUT2D eigenvalue weighted by Crippen LogP contribution is 2.28. The lowest BCUT2D eigenvalue weighted by Crippen LogP contribution is -2.31. The maximum atomic E-state index is 12.0. The van der Waals surface area contributed by atoms with Crippen LogP contribution in [0.3, 0.4) is 0 Å². The molecule has 0 bridgehead atoms. The second kappa shape index (κ2) is 10.6. The van der Waals surface area contributed by atoms with Crippen molar-refractivity contribution in [3.63, 3.8) is 0 Å². The van der Waals surface area contributed by atoms with Crippen LogP contribution in [0.4, 0.5) is 0 Å². The molecule has 0 spiro atoms. The summed E-state index contributed by atoms with van der Waals surface area (Å²) in [5.74, 6) is -0.613. The zero-order valence-corrected chi connectivity index (χ0v) is 17.9. The van der Waals surface area contributed by atoms with Gasteiger partial charge in [-0.05, 0) is 49.7 Å². The van der Waals surface area contributed by atoms with Crippen molar-refractivity contribution in [2.75, 3.05) is 20.3 Å². The van der Waals surface area contributed by atoms with E-state index in [-0.39, 0.29) is 11.8 Å². The number of ketones is 1. The average molecular weight is 464 g/mol. The second-order valence-corrected chi connectivity index (χ2v) is 7.13. The molecular formula is C21H22BrNO6. The van der Waals surface area contributed by atoms with Gasteiger partial charge in [-0.15, -0.1) is 0 Å². The fourth-order valence-corrected chi connectivity index (χ4v) is 2.71. The molecule has 0 aliphatic rings. The van der Waals surface area contributed by atoms with Crippen molar-refractivity contribution < 1.29 is 28.6 Å². The summed E-state index contributed by atoms with van der Waals surface area (Å²) in [6.07, 6.45) is 0. The van der Waals surface area contributed by atoms with Crippen LogP contribution in [-0.2, 0) is 14.3 Å². The van der Waals surface area contributed by atoms with Gasteiger partial charge < -0.3 is 19.5 Å². The fourth-order valence-electron chi connectivity index (χ4n) is 2.45. The first-order chi connectivity index (χ1) is 13.8. The van der Waals surface area contributed by atoms with Crippen molar-refractivity contribution in [3.8, 4) is 11.5 Å². The molecule has 2 rings (SSSR count). The molecule has 154 valence electrons. The smallest absolute Gasteiger partial charge is 0.344 e. The number of benzene rings is 2. The van der Waals surface area contributed by atoms with Gasteiger partial charge >= 0.3 is 5.97 Å². The minimum absolute atomic E-state index is 0.113. The molecule has 0 aliphatic carbocycles. The third-order valence-corrected chi connectivity index (χ3v) is 4.56. The van der Waals surface area contributed by atoms with Crippen LogP contribution in [0.2, 0.25) is 0 Å². The molecule has 0 heterocycles. The second-order valence-electron chi connectivity index (χ2n) is 6.21. The Balaban J connectivity index is 1.80. The van der Waals surface area contributed by atoms with Crippen LogP contribution >= 0.6 is 15.9 Å². The van der Waals surface area contributed by atoms with E-state index in [0.29, 0.717) is 17.1 Å². The molecule has 0 saturated carbocycles. The Kier molecular flexibility index (Phi) is 8.21. The van der Waals surface area contributed by atoms with Gasteiger partial charge in [0.1, 0.15) is 0 Å².